The van der Waals surface area contributed by atoms with Crippen molar-refractivity contribution in [1.82, 2.24) is 15.5 Å². The standard InChI is InChI=1S/C20H33N5O2.HI/c1-4-21-20(22-11-13-24(2)14-15-27-3)23-16-17-7-9-18(10-8-17)25-12-5-6-19(25)26;/h7-10H,4-6,11-16H2,1-3H3,(H2,21,22,23);1H. The molecule has 8 heteroatoms. The average Bonchev–Trinajstić information content (AvgIpc) is 3.10. The van der Waals surface area contributed by atoms with Gasteiger partial charge in [-0.05, 0) is 38.1 Å². The summed E-state index contributed by atoms with van der Waals surface area (Å²) in [5, 5.41) is 6.64. The SMILES string of the molecule is CCNC(=NCc1ccc(N2CCCC2=O)cc1)NCCN(C)CCOC.I. The van der Waals surface area contributed by atoms with Crippen LogP contribution < -0.4 is 15.5 Å². The van der Waals surface area contributed by atoms with Crippen LogP contribution in [-0.2, 0) is 16.1 Å². The number of methoxy groups -OCH3 is 1. The lowest BCUT2D eigenvalue weighted by Crippen LogP contribution is -2.41. The molecule has 1 aliphatic rings. The van der Waals surface area contributed by atoms with Crippen molar-refractivity contribution in [2.45, 2.75) is 26.3 Å². The van der Waals surface area contributed by atoms with Crippen LogP contribution in [0.25, 0.3) is 0 Å². The summed E-state index contributed by atoms with van der Waals surface area (Å²) in [6.45, 7) is 7.70. The van der Waals surface area contributed by atoms with Crippen LogP contribution in [0.1, 0.15) is 25.3 Å². The van der Waals surface area contributed by atoms with Gasteiger partial charge in [-0.3, -0.25) is 4.79 Å². The van der Waals surface area contributed by atoms with E-state index in [4.69, 9.17) is 4.74 Å². The van der Waals surface area contributed by atoms with Gasteiger partial charge in [0.25, 0.3) is 0 Å². The Bertz CT molecular complexity index is 609. The normalized spacial score (nSPS) is 14.4. The van der Waals surface area contributed by atoms with Crippen LogP contribution in [-0.4, -0.2) is 70.3 Å². The zero-order chi connectivity index (χ0) is 19.5. The summed E-state index contributed by atoms with van der Waals surface area (Å²) >= 11 is 0. The van der Waals surface area contributed by atoms with Crippen LogP contribution in [0, 0.1) is 0 Å². The van der Waals surface area contributed by atoms with Gasteiger partial charge in [0.15, 0.2) is 5.96 Å². The first-order valence-electron chi connectivity index (χ1n) is 9.73. The number of nitrogens with one attached hydrogen (secondary N) is 2. The second-order valence-corrected chi connectivity index (χ2v) is 6.73. The van der Waals surface area contributed by atoms with E-state index in [1.807, 2.05) is 29.2 Å². The van der Waals surface area contributed by atoms with Crippen LogP contribution in [0.5, 0.6) is 0 Å². The Morgan fingerprint density at radius 3 is 2.61 bits per heavy atom. The molecule has 0 aliphatic carbocycles. The molecule has 0 radical (unpaired) electrons. The van der Waals surface area contributed by atoms with E-state index in [0.717, 1.165) is 63.0 Å². The molecule has 1 aliphatic heterocycles. The molecule has 0 saturated carbocycles. The Labute approximate surface area is 185 Å². The third kappa shape index (κ3) is 8.32. The first-order chi connectivity index (χ1) is 13.1. The van der Waals surface area contributed by atoms with E-state index in [0.29, 0.717) is 13.0 Å². The highest BCUT2D eigenvalue weighted by molar-refractivity contribution is 14.0. The van der Waals surface area contributed by atoms with Crippen molar-refractivity contribution in [2.75, 3.05) is 58.4 Å². The number of ether oxygens (including phenoxy) is 1. The summed E-state index contributed by atoms with van der Waals surface area (Å²) in [7, 11) is 3.80. The smallest absolute Gasteiger partial charge is 0.227 e. The van der Waals surface area contributed by atoms with Gasteiger partial charge in [-0.2, -0.15) is 0 Å². The van der Waals surface area contributed by atoms with Crippen molar-refractivity contribution < 1.29 is 9.53 Å². The predicted molar refractivity (Wildman–Crippen MR) is 126 cm³/mol. The largest absolute Gasteiger partial charge is 0.383 e. The maximum absolute atomic E-state index is 11.8. The number of halogens is 1. The number of hydrogen-bond donors (Lipinski definition) is 2. The highest BCUT2D eigenvalue weighted by atomic mass is 127. The first-order valence-corrected chi connectivity index (χ1v) is 9.73. The third-order valence-corrected chi connectivity index (χ3v) is 4.55. The molecule has 1 heterocycles. The molecule has 1 amide bonds. The lowest BCUT2D eigenvalue weighted by atomic mass is 10.2. The van der Waals surface area contributed by atoms with Crippen molar-refractivity contribution in [1.29, 1.82) is 0 Å². The summed E-state index contributed by atoms with van der Waals surface area (Å²) in [5.74, 6) is 1.03. The predicted octanol–water partition coefficient (Wildman–Crippen LogP) is 2.06. The number of carbonyl (C=O) groups excluding carboxylic acids is 1. The molecular weight excluding hydrogens is 469 g/mol. The minimum Gasteiger partial charge on any atom is -0.383 e. The molecular formula is C20H34IN5O2. The van der Waals surface area contributed by atoms with Crippen LogP contribution in [0.2, 0.25) is 0 Å². The molecule has 0 aromatic heterocycles. The van der Waals surface area contributed by atoms with Gasteiger partial charge in [0.2, 0.25) is 5.91 Å². The fourth-order valence-corrected chi connectivity index (χ4v) is 2.94. The number of guanidine groups is 1. The lowest BCUT2D eigenvalue weighted by Gasteiger charge is -2.18. The molecule has 0 spiro atoms. The number of amides is 1. The van der Waals surface area contributed by atoms with Crippen molar-refractivity contribution in [2.24, 2.45) is 4.99 Å². The number of anilines is 1. The molecule has 28 heavy (non-hydrogen) atoms. The van der Waals surface area contributed by atoms with Gasteiger partial charge in [0.1, 0.15) is 0 Å². The maximum atomic E-state index is 11.8. The van der Waals surface area contributed by atoms with Gasteiger partial charge in [0, 0.05) is 51.9 Å². The van der Waals surface area contributed by atoms with Crippen LogP contribution in [0.15, 0.2) is 29.3 Å². The second-order valence-electron chi connectivity index (χ2n) is 6.73. The van der Waals surface area contributed by atoms with Crippen molar-refractivity contribution in [3.05, 3.63) is 29.8 Å². The fraction of sp³-hybridized carbons (Fsp3) is 0.600. The number of carbonyl (C=O) groups is 1. The van der Waals surface area contributed by atoms with Crippen molar-refractivity contribution >= 4 is 41.5 Å². The molecule has 0 bridgehead atoms. The van der Waals surface area contributed by atoms with Crippen LogP contribution >= 0.6 is 24.0 Å². The summed E-state index contributed by atoms with van der Waals surface area (Å²) < 4.78 is 5.09. The fourth-order valence-electron chi connectivity index (χ4n) is 2.94. The van der Waals surface area contributed by atoms with E-state index in [-0.39, 0.29) is 29.9 Å². The average molecular weight is 503 g/mol. The summed E-state index contributed by atoms with van der Waals surface area (Å²) in [6, 6.07) is 8.12. The summed E-state index contributed by atoms with van der Waals surface area (Å²) in [6.07, 6.45) is 1.60. The highest BCUT2D eigenvalue weighted by Crippen LogP contribution is 2.21. The monoisotopic (exact) mass is 503 g/mol. The molecule has 1 fully saturated rings. The number of rotatable bonds is 10. The van der Waals surface area contributed by atoms with Crippen molar-refractivity contribution in [3.63, 3.8) is 0 Å². The molecule has 2 rings (SSSR count). The van der Waals surface area contributed by atoms with E-state index in [2.05, 4.69) is 34.5 Å². The zero-order valence-corrected chi connectivity index (χ0v) is 19.6. The Hall–Kier alpha value is -1.39. The number of likely N-dealkylation sites (N-methyl/N-ethyl adjacent to an activating group) is 1. The van der Waals surface area contributed by atoms with Crippen LogP contribution in [0.3, 0.4) is 0 Å². The number of hydrogen-bond acceptors (Lipinski definition) is 4. The lowest BCUT2D eigenvalue weighted by molar-refractivity contribution is -0.117. The molecule has 7 nitrogen and oxygen atoms in total. The molecule has 158 valence electrons. The molecule has 1 aromatic rings. The van der Waals surface area contributed by atoms with Gasteiger partial charge < -0.3 is 25.2 Å². The Morgan fingerprint density at radius 2 is 2.00 bits per heavy atom. The zero-order valence-electron chi connectivity index (χ0n) is 17.2. The van der Waals surface area contributed by atoms with Crippen LogP contribution in [0.4, 0.5) is 5.69 Å². The van der Waals surface area contributed by atoms with E-state index in [1.165, 1.54) is 0 Å². The Kier molecular flexibility index (Phi) is 12.1. The van der Waals surface area contributed by atoms with Gasteiger partial charge in [0.05, 0.1) is 13.2 Å². The van der Waals surface area contributed by atoms with Gasteiger partial charge in [-0.25, -0.2) is 4.99 Å². The highest BCUT2D eigenvalue weighted by Gasteiger charge is 2.21. The minimum absolute atomic E-state index is 0. The van der Waals surface area contributed by atoms with Gasteiger partial charge >= 0.3 is 0 Å². The first kappa shape index (κ1) is 24.6. The number of benzene rings is 1. The molecule has 2 N–H and O–H groups in total. The summed E-state index contributed by atoms with van der Waals surface area (Å²) in [4.78, 5) is 20.6. The van der Waals surface area contributed by atoms with E-state index < -0.39 is 0 Å². The summed E-state index contributed by atoms with van der Waals surface area (Å²) in [5.41, 5.74) is 2.11. The van der Waals surface area contributed by atoms with E-state index in [1.54, 1.807) is 7.11 Å². The van der Waals surface area contributed by atoms with Gasteiger partial charge in [-0.1, -0.05) is 12.1 Å². The molecule has 1 saturated heterocycles. The minimum atomic E-state index is 0. The molecule has 0 atom stereocenters. The number of nitrogens with zero attached hydrogens (tertiary/aromatic N) is 3. The molecule has 1 aromatic carbocycles. The third-order valence-electron chi connectivity index (χ3n) is 4.55. The Morgan fingerprint density at radius 1 is 1.25 bits per heavy atom. The van der Waals surface area contributed by atoms with Gasteiger partial charge in [-0.15, -0.1) is 24.0 Å². The van der Waals surface area contributed by atoms with E-state index in [9.17, 15) is 4.79 Å². The Balaban J connectivity index is 0.00000392. The maximum Gasteiger partial charge on any atom is 0.227 e. The van der Waals surface area contributed by atoms with Crippen molar-refractivity contribution in [3.8, 4) is 0 Å². The molecule has 0 unspecified atom stereocenters. The second kappa shape index (κ2) is 13.7. The van der Waals surface area contributed by atoms with E-state index >= 15 is 0 Å². The number of aliphatic imine (C=N–C) groups is 1. The topological polar surface area (TPSA) is 69.2 Å². The quantitative estimate of drug-likeness (QED) is 0.291.